The number of carboxylic acid groups (broad SMARTS) is 2. The molecule has 0 spiro atoms. The number of phenolic OH excluding ortho intramolecular Hbond substituents is 1. The van der Waals surface area contributed by atoms with Crippen LogP contribution in [0.15, 0.2) is 218 Å². The van der Waals surface area contributed by atoms with Gasteiger partial charge in [-0.15, -0.1) is 0 Å². The lowest BCUT2D eigenvalue weighted by Gasteiger charge is -2.22. The summed E-state index contributed by atoms with van der Waals surface area (Å²) in [6, 6.07) is 65.6. The van der Waals surface area contributed by atoms with Crippen LogP contribution in [0, 0.1) is 0 Å². The lowest BCUT2D eigenvalue weighted by atomic mass is 10.0. The van der Waals surface area contributed by atoms with E-state index in [2.05, 4.69) is 12.1 Å². The predicted octanol–water partition coefficient (Wildman–Crippen LogP) is 13.0. The number of hydrogen-bond acceptors (Lipinski definition) is 18. The number of para-hydroxylation sites is 4. The fourth-order valence-corrected chi connectivity index (χ4v) is 10.8. The van der Waals surface area contributed by atoms with Crippen LogP contribution in [0.3, 0.4) is 0 Å². The third-order valence-corrected chi connectivity index (χ3v) is 16.1. The van der Waals surface area contributed by atoms with Crippen LogP contribution in [-0.2, 0) is 52.7 Å². The zero-order valence-electron chi connectivity index (χ0n) is 59.9. The van der Waals surface area contributed by atoms with Crippen molar-refractivity contribution in [3.05, 3.63) is 280 Å². The molecule has 20 heteroatoms. The molecule has 2 unspecified atom stereocenters. The minimum atomic E-state index is -1.10. The molecule has 542 valence electrons. The Morgan fingerprint density at radius 2 is 0.631 bits per heavy atom. The number of likely N-dealkylation sites (N-methyl/N-ethyl adjacent to an activating group) is 3. The molecule has 0 aliphatic heterocycles. The summed E-state index contributed by atoms with van der Waals surface area (Å²) < 4.78 is 51.0. The van der Waals surface area contributed by atoms with E-state index in [-0.39, 0.29) is 53.4 Å². The molecule has 0 amide bonds. The highest BCUT2D eigenvalue weighted by molar-refractivity contribution is 5.95. The highest BCUT2D eigenvalue weighted by atomic mass is 16.6. The number of carbonyl (C=O) groups is 5. The van der Waals surface area contributed by atoms with E-state index < -0.39 is 48.2 Å². The van der Waals surface area contributed by atoms with E-state index in [0.717, 1.165) is 89.7 Å². The molecule has 0 heterocycles. The number of carbonyl (C=O) groups excluding carboxylic acids is 3. The fourth-order valence-electron chi connectivity index (χ4n) is 10.8. The van der Waals surface area contributed by atoms with Gasteiger partial charge in [0.05, 0.1) is 43.6 Å². The number of ether oxygens (including phenoxy) is 9. The summed E-state index contributed by atoms with van der Waals surface area (Å²) in [6.07, 6.45) is 3.39. The number of aromatic hydroxyl groups is 1. The molecule has 9 rings (SSSR count). The van der Waals surface area contributed by atoms with Gasteiger partial charge in [0.25, 0.3) is 0 Å². The zero-order chi connectivity index (χ0) is 74.0. The van der Waals surface area contributed by atoms with Gasteiger partial charge in [-0.25, -0.2) is 24.0 Å². The van der Waals surface area contributed by atoms with Gasteiger partial charge in [0.1, 0.15) is 83.9 Å². The Hall–Kier alpha value is -11.2. The first-order valence-electron chi connectivity index (χ1n) is 33.7. The number of aromatic carboxylic acids is 2. The number of rotatable bonds is 35. The lowest BCUT2D eigenvalue weighted by molar-refractivity contribution is 0.00937. The molecular weight excluding hydrogens is 1310 g/mol. The summed E-state index contributed by atoms with van der Waals surface area (Å²) in [5.41, 5.74) is 7.41. The number of carboxylic acids is 2. The first-order chi connectivity index (χ1) is 49.7. The van der Waals surface area contributed by atoms with Crippen LogP contribution >= 0.6 is 0 Å². The van der Waals surface area contributed by atoms with Crippen LogP contribution in [0.1, 0.15) is 85.2 Å². The Balaban J connectivity index is 0.000000216. The number of hydrogen-bond donors (Lipinski definition) is 3. The summed E-state index contributed by atoms with van der Waals surface area (Å²) in [7, 11) is 16.3. The standard InChI is InChI=1S/2C28H31NO6.C27H31NO5/c2*1-29(2)18-25(35-28(32)23-9-6-8-22(17-23)27(30)31)19-34-26-10-5-4-7-21(26)14-11-20-12-15-24(33-3)16-13-20;1-28(2)18-23(33-27(30)24-9-5-6-10-25(24)29)19-32-26-11-7-4-8-21(26)15-12-20-13-16-22(31-3)17-14-20/h2*4-10,12-13,15-17,25H,11,14,18-19H2,1-3H3,(H,30,31);4-11,13-14,16-17,23,29H,12,15,18-19H2,1-3H3/t25-;;/m1../s1. The van der Waals surface area contributed by atoms with Crippen molar-refractivity contribution in [1.82, 2.24) is 14.7 Å². The molecule has 0 saturated heterocycles. The molecule has 0 aliphatic carbocycles. The number of phenols is 1. The number of nitrogens with zero attached hydrogens (tertiary/aromatic N) is 3. The van der Waals surface area contributed by atoms with Crippen molar-refractivity contribution in [3.63, 3.8) is 0 Å². The maximum Gasteiger partial charge on any atom is 0.342 e. The molecule has 0 fully saturated rings. The Labute approximate surface area is 603 Å². The number of esters is 3. The van der Waals surface area contributed by atoms with E-state index in [1.807, 2.05) is 190 Å². The second kappa shape index (κ2) is 41.5. The first-order valence-corrected chi connectivity index (χ1v) is 33.7. The molecule has 0 radical (unpaired) electrons. The highest BCUT2D eigenvalue weighted by Crippen LogP contribution is 2.27. The van der Waals surface area contributed by atoms with Gasteiger partial charge in [-0.05, 0) is 217 Å². The first kappa shape index (κ1) is 79.1. The molecule has 3 N–H and O–H groups in total. The maximum absolute atomic E-state index is 12.7. The molecule has 0 bridgehead atoms. The second-order valence-corrected chi connectivity index (χ2v) is 25.0. The molecule has 0 saturated carbocycles. The molecule has 9 aromatic carbocycles. The summed E-state index contributed by atoms with van der Waals surface area (Å²) >= 11 is 0. The monoisotopic (exact) mass is 1400 g/mol. The second-order valence-electron chi connectivity index (χ2n) is 25.0. The van der Waals surface area contributed by atoms with Gasteiger partial charge in [-0.3, -0.25) is 0 Å². The van der Waals surface area contributed by atoms with E-state index >= 15 is 0 Å². The van der Waals surface area contributed by atoms with Crippen LogP contribution < -0.4 is 28.4 Å². The van der Waals surface area contributed by atoms with Gasteiger partial charge in [0, 0.05) is 19.6 Å². The highest BCUT2D eigenvalue weighted by Gasteiger charge is 2.24. The Morgan fingerprint density at radius 3 is 0.932 bits per heavy atom. The number of aryl methyl sites for hydroxylation is 6. The molecule has 103 heavy (non-hydrogen) atoms. The van der Waals surface area contributed by atoms with Crippen molar-refractivity contribution in [2.45, 2.75) is 56.8 Å². The van der Waals surface area contributed by atoms with Crippen molar-refractivity contribution in [1.29, 1.82) is 0 Å². The molecule has 0 aromatic heterocycles. The fraction of sp³-hybridized carbons (Fsp3) is 0.289. The van der Waals surface area contributed by atoms with Crippen LogP contribution in [0.5, 0.6) is 40.2 Å². The summed E-state index contributed by atoms with van der Waals surface area (Å²) in [6.45, 7) is 1.95. The van der Waals surface area contributed by atoms with E-state index in [4.69, 9.17) is 42.6 Å². The largest absolute Gasteiger partial charge is 0.507 e. The smallest absolute Gasteiger partial charge is 0.342 e. The normalized spacial score (nSPS) is 11.7. The molecule has 20 nitrogen and oxygen atoms in total. The van der Waals surface area contributed by atoms with Gasteiger partial charge in [-0.2, -0.15) is 0 Å². The Morgan fingerprint density at radius 1 is 0.340 bits per heavy atom. The Kier molecular flexibility index (Phi) is 31.9. The van der Waals surface area contributed by atoms with Crippen molar-refractivity contribution in [3.8, 4) is 40.2 Å². The lowest BCUT2D eigenvalue weighted by Crippen LogP contribution is -2.35. The number of benzene rings is 9. The number of methoxy groups -OCH3 is 3. The zero-order valence-corrected chi connectivity index (χ0v) is 59.9. The van der Waals surface area contributed by atoms with E-state index in [0.29, 0.717) is 19.6 Å². The quantitative estimate of drug-likeness (QED) is 0.0247. The third-order valence-electron chi connectivity index (χ3n) is 16.1. The van der Waals surface area contributed by atoms with Gasteiger partial charge in [0.2, 0.25) is 0 Å². The van der Waals surface area contributed by atoms with Crippen LogP contribution in [0.25, 0.3) is 0 Å². The van der Waals surface area contributed by atoms with Crippen molar-refractivity contribution >= 4 is 29.8 Å². The average molecular weight is 1400 g/mol. The van der Waals surface area contributed by atoms with Crippen molar-refractivity contribution in [2.24, 2.45) is 0 Å². The van der Waals surface area contributed by atoms with Crippen LogP contribution in [-0.4, -0.2) is 181 Å². The molecular formula is C83H93N3O17. The maximum atomic E-state index is 12.7. The van der Waals surface area contributed by atoms with Gasteiger partial charge in [0.15, 0.2) is 0 Å². The van der Waals surface area contributed by atoms with Gasteiger partial charge in [-0.1, -0.05) is 115 Å². The Bertz CT molecular complexity index is 3940. The van der Waals surface area contributed by atoms with Crippen LogP contribution in [0.2, 0.25) is 0 Å². The third kappa shape index (κ3) is 27.0. The summed E-state index contributed by atoms with van der Waals surface area (Å²) in [5, 5.41) is 28.3. The molecule has 3 atom stereocenters. The van der Waals surface area contributed by atoms with E-state index in [9.17, 15) is 39.3 Å². The van der Waals surface area contributed by atoms with Crippen molar-refractivity contribution in [2.75, 3.05) is 103 Å². The summed E-state index contributed by atoms with van der Waals surface area (Å²) in [5.74, 6) is 0.712. The minimum absolute atomic E-state index is 0.0330. The predicted molar refractivity (Wildman–Crippen MR) is 395 cm³/mol. The topological polar surface area (TPSA) is 239 Å². The minimum Gasteiger partial charge on any atom is -0.507 e. The van der Waals surface area contributed by atoms with E-state index in [1.54, 1.807) is 39.5 Å². The average Bonchev–Trinajstić information content (AvgIpc) is 0.882. The van der Waals surface area contributed by atoms with Gasteiger partial charge >= 0.3 is 29.8 Å². The van der Waals surface area contributed by atoms with Crippen LogP contribution in [0.4, 0.5) is 0 Å². The summed E-state index contributed by atoms with van der Waals surface area (Å²) in [4.78, 5) is 66.2. The SMILES string of the molecule is COc1ccc(CCc2ccccc2OCC(CN(C)C)OC(=O)c2cccc(C(=O)O)c2)cc1.COc1ccc(CCc2ccccc2OCC(CN(C)C)OC(=O)c2ccccc2O)cc1.COc1ccc(CCc2ccccc2OC[C@@H](CN(C)C)OC(=O)c2cccc(C(=O)O)c2)cc1. The molecule has 9 aromatic rings. The van der Waals surface area contributed by atoms with Gasteiger partial charge < -0.3 is 72.7 Å². The van der Waals surface area contributed by atoms with E-state index in [1.165, 1.54) is 71.3 Å². The molecule has 0 aliphatic rings. The van der Waals surface area contributed by atoms with Crippen molar-refractivity contribution < 1.29 is 81.9 Å².